The van der Waals surface area contributed by atoms with Gasteiger partial charge in [-0.1, -0.05) is 19.3 Å². The first kappa shape index (κ1) is 11.9. The lowest BCUT2D eigenvalue weighted by Gasteiger charge is -2.40. The van der Waals surface area contributed by atoms with Crippen molar-refractivity contribution in [3.63, 3.8) is 0 Å². The first-order valence-electron chi connectivity index (χ1n) is 6.65. The Morgan fingerprint density at radius 2 is 1.75 bits per heavy atom. The van der Waals surface area contributed by atoms with Gasteiger partial charge < -0.3 is 4.74 Å². The predicted molar refractivity (Wildman–Crippen MR) is 63.2 cm³/mol. The lowest BCUT2D eigenvalue weighted by Crippen LogP contribution is -2.47. The minimum atomic E-state index is 0.00951. The molecule has 92 valence electrons. The molecule has 0 bridgehead atoms. The summed E-state index contributed by atoms with van der Waals surface area (Å²) in [5.41, 5.74) is 0. The number of methoxy groups -OCH3 is 1. The van der Waals surface area contributed by atoms with Gasteiger partial charge in [0.15, 0.2) is 0 Å². The molecule has 1 saturated carbocycles. The van der Waals surface area contributed by atoms with E-state index in [4.69, 9.17) is 4.74 Å². The molecular weight excluding hydrogens is 202 g/mol. The lowest BCUT2D eigenvalue weighted by atomic mass is 9.83. The summed E-state index contributed by atoms with van der Waals surface area (Å²) >= 11 is 0. The first-order chi connectivity index (χ1) is 7.83. The average molecular weight is 225 g/mol. The number of carbonyl (C=O) groups is 1. The number of hydrogen-bond donors (Lipinski definition) is 0. The van der Waals surface area contributed by atoms with Crippen LogP contribution in [0.4, 0.5) is 0 Å². The summed E-state index contributed by atoms with van der Waals surface area (Å²) in [4.78, 5) is 14.3. The van der Waals surface area contributed by atoms with Crippen molar-refractivity contribution in [2.24, 2.45) is 5.92 Å². The van der Waals surface area contributed by atoms with Crippen molar-refractivity contribution in [3.8, 4) is 0 Å². The van der Waals surface area contributed by atoms with Crippen LogP contribution in [0, 0.1) is 5.92 Å². The average Bonchev–Trinajstić information content (AvgIpc) is 2.39. The van der Waals surface area contributed by atoms with Crippen LogP contribution in [0.2, 0.25) is 0 Å². The standard InChI is InChI=1S/C13H23NO2/c1-16-13(15)11-7-3-4-8-12(11)14-9-5-2-6-10-14/h11-12H,2-10H2,1H3/t11-,12+/m1/s1. The molecule has 0 spiro atoms. The third kappa shape index (κ3) is 2.57. The molecule has 0 aromatic rings. The van der Waals surface area contributed by atoms with Crippen molar-refractivity contribution in [2.45, 2.75) is 51.0 Å². The summed E-state index contributed by atoms with van der Waals surface area (Å²) in [5.74, 6) is 0.145. The van der Waals surface area contributed by atoms with Crippen molar-refractivity contribution in [3.05, 3.63) is 0 Å². The van der Waals surface area contributed by atoms with Crippen molar-refractivity contribution in [1.82, 2.24) is 4.90 Å². The highest BCUT2D eigenvalue weighted by atomic mass is 16.5. The number of likely N-dealkylation sites (tertiary alicyclic amines) is 1. The maximum Gasteiger partial charge on any atom is 0.310 e. The van der Waals surface area contributed by atoms with E-state index in [1.54, 1.807) is 0 Å². The van der Waals surface area contributed by atoms with E-state index in [2.05, 4.69) is 4.90 Å². The molecule has 0 aromatic heterocycles. The second kappa shape index (κ2) is 5.67. The van der Waals surface area contributed by atoms with Crippen LogP contribution >= 0.6 is 0 Å². The van der Waals surface area contributed by atoms with E-state index in [0.717, 1.165) is 6.42 Å². The van der Waals surface area contributed by atoms with Crippen molar-refractivity contribution < 1.29 is 9.53 Å². The fraction of sp³-hybridized carbons (Fsp3) is 0.923. The van der Waals surface area contributed by atoms with Crippen LogP contribution in [0.1, 0.15) is 44.9 Å². The van der Waals surface area contributed by atoms with Crippen molar-refractivity contribution in [1.29, 1.82) is 0 Å². The summed E-state index contributed by atoms with van der Waals surface area (Å²) in [5, 5.41) is 0. The van der Waals surface area contributed by atoms with E-state index < -0.39 is 0 Å². The molecule has 0 aromatic carbocycles. The molecule has 2 atom stereocenters. The maximum absolute atomic E-state index is 11.8. The molecule has 1 aliphatic heterocycles. The predicted octanol–water partition coefficient (Wildman–Crippen LogP) is 2.20. The topological polar surface area (TPSA) is 29.5 Å². The van der Waals surface area contributed by atoms with E-state index >= 15 is 0 Å². The van der Waals surface area contributed by atoms with Gasteiger partial charge in [0.2, 0.25) is 0 Å². The lowest BCUT2D eigenvalue weighted by molar-refractivity contribution is -0.149. The molecule has 0 unspecified atom stereocenters. The van der Waals surface area contributed by atoms with Gasteiger partial charge in [0.25, 0.3) is 0 Å². The van der Waals surface area contributed by atoms with Crippen molar-refractivity contribution in [2.75, 3.05) is 20.2 Å². The van der Waals surface area contributed by atoms with Crippen LogP contribution in [0.5, 0.6) is 0 Å². The monoisotopic (exact) mass is 225 g/mol. The number of esters is 1. The van der Waals surface area contributed by atoms with Gasteiger partial charge in [0.1, 0.15) is 0 Å². The van der Waals surface area contributed by atoms with Crippen LogP contribution in [-0.2, 0) is 9.53 Å². The summed E-state index contributed by atoms with van der Waals surface area (Å²) in [7, 11) is 1.52. The number of hydrogen-bond acceptors (Lipinski definition) is 3. The quantitative estimate of drug-likeness (QED) is 0.675. The van der Waals surface area contributed by atoms with Gasteiger partial charge in [-0.2, -0.15) is 0 Å². The highest BCUT2D eigenvalue weighted by Gasteiger charge is 2.35. The minimum Gasteiger partial charge on any atom is -0.469 e. The molecule has 3 heteroatoms. The second-order valence-electron chi connectivity index (χ2n) is 5.08. The van der Waals surface area contributed by atoms with E-state index in [-0.39, 0.29) is 11.9 Å². The fourth-order valence-corrected chi connectivity index (χ4v) is 3.22. The van der Waals surface area contributed by atoms with Gasteiger partial charge in [-0.3, -0.25) is 9.69 Å². The van der Waals surface area contributed by atoms with E-state index in [1.807, 2.05) is 0 Å². The van der Waals surface area contributed by atoms with Gasteiger partial charge in [-0.05, 0) is 38.8 Å². The molecule has 16 heavy (non-hydrogen) atoms. The summed E-state index contributed by atoms with van der Waals surface area (Å²) in [6, 6.07) is 0.460. The van der Waals surface area contributed by atoms with Crippen LogP contribution in [0.3, 0.4) is 0 Å². The summed E-state index contributed by atoms with van der Waals surface area (Å²) in [6.07, 6.45) is 8.60. The Balaban J connectivity index is 2.00. The molecule has 2 rings (SSSR count). The van der Waals surface area contributed by atoms with Gasteiger partial charge >= 0.3 is 5.97 Å². The number of rotatable bonds is 2. The Hall–Kier alpha value is -0.570. The third-order valence-corrected chi connectivity index (χ3v) is 4.09. The highest BCUT2D eigenvalue weighted by Crippen LogP contribution is 2.31. The van der Waals surface area contributed by atoms with E-state index in [0.29, 0.717) is 6.04 Å². The number of nitrogens with zero attached hydrogens (tertiary/aromatic N) is 1. The molecular formula is C13H23NO2. The van der Waals surface area contributed by atoms with Crippen LogP contribution in [0.25, 0.3) is 0 Å². The summed E-state index contributed by atoms with van der Waals surface area (Å²) in [6.45, 7) is 2.36. The minimum absolute atomic E-state index is 0.00951. The SMILES string of the molecule is COC(=O)[C@@H]1CCCC[C@@H]1N1CCCCC1. The Morgan fingerprint density at radius 1 is 1.06 bits per heavy atom. The number of carbonyl (C=O) groups excluding carboxylic acids is 1. The first-order valence-corrected chi connectivity index (χ1v) is 6.65. The molecule has 3 nitrogen and oxygen atoms in total. The van der Waals surface area contributed by atoms with Crippen molar-refractivity contribution >= 4 is 5.97 Å². The molecule has 0 amide bonds. The molecule has 1 aliphatic carbocycles. The van der Waals surface area contributed by atoms with Gasteiger partial charge in [0, 0.05) is 6.04 Å². The molecule has 1 saturated heterocycles. The zero-order valence-electron chi connectivity index (χ0n) is 10.3. The van der Waals surface area contributed by atoms with Gasteiger partial charge in [-0.25, -0.2) is 0 Å². The normalized spacial score (nSPS) is 32.3. The fourth-order valence-electron chi connectivity index (χ4n) is 3.22. The van der Waals surface area contributed by atoms with E-state index in [1.165, 1.54) is 58.7 Å². The zero-order valence-corrected chi connectivity index (χ0v) is 10.3. The van der Waals surface area contributed by atoms with Gasteiger partial charge in [-0.15, -0.1) is 0 Å². The number of piperidine rings is 1. The van der Waals surface area contributed by atoms with Crippen LogP contribution in [-0.4, -0.2) is 37.1 Å². The number of ether oxygens (including phenoxy) is 1. The Bertz CT molecular complexity index is 236. The smallest absolute Gasteiger partial charge is 0.310 e. The van der Waals surface area contributed by atoms with Crippen LogP contribution < -0.4 is 0 Å². The Labute approximate surface area is 98.1 Å². The Kier molecular flexibility index (Phi) is 4.22. The third-order valence-electron chi connectivity index (χ3n) is 4.09. The van der Waals surface area contributed by atoms with Gasteiger partial charge in [0.05, 0.1) is 13.0 Å². The highest BCUT2D eigenvalue weighted by molar-refractivity contribution is 5.73. The Morgan fingerprint density at radius 3 is 2.44 bits per heavy atom. The molecule has 2 fully saturated rings. The largest absolute Gasteiger partial charge is 0.469 e. The molecule has 0 N–H and O–H groups in total. The van der Waals surface area contributed by atoms with E-state index in [9.17, 15) is 4.79 Å². The molecule has 0 radical (unpaired) electrons. The summed E-state index contributed by atoms with van der Waals surface area (Å²) < 4.78 is 4.95. The molecule has 1 heterocycles. The maximum atomic E-state index is 11.8. The zero-order chi connectivity index (χ0) is 11.4. The van der Waals surface area contributed by atoms with Crippen LogP contribution in [0.15, 0.2) is 0 Å². The second-order valence-corrected chi connectivity index (χ2v) is 5.08. The molecule has 2 aliphatic rings.